The van der Waals surface area contributed by atoms with Crippen LogP contribution in [-0.2, 0) is 14.1 Å². The number of para-hydroxylation sites is 2. The second-order valence-electron chi connectivity index (χ2n) is 8.28. The van der Waals surface area contributed by atoms with Gasteiger partial charge in [-0.2, -0.15) is 0 Å². The van der Waals surface area contributed by atoms with Crippen LogP contribution in [0.15, 0.2) is 82.4 Å². The number of aromatic hydroxyl groups is 2. The van der Waals surface area contributed by atoms with Crippen molar-refractivity contribution in [2.75, 3.05) is 0 Å². The van der Waals surface area contributed by atoms with Crippen LogP contribution >= 0.6 is 0 Å². The van der Waals surface area contributed by atoms with Gasteiger partial charge in [0.25, 0.3) is 11.1 Å². The number of benzene rings is 3. The lowest BCUT2D eigenvalue weighted by Gasteiger charge is -2.23. The number of hydrogen-bond donors (Lipinski definition) is 2. The smallest absolute Gasteiger partial charge is 0.258 e. The molecule has 0 amide bonds. The summed E-state index contributed by atoms with van der Waals surface area (Å²) in [6.07, 6.45) is 0. The molecule has 3 aromatic carbocycles. The molecule has 34 heavy (non-hydrogen) atoms. The van der Waals surface area contributed by atoms with Crippen LogP contribution in [-0.4, -0.2) is 19.3 Å². The summed E-state index contributed by atoms with van der Waals surface area (Å²) in [6, 6.07) is 19.1. The molecule has 0 unspecified atom stereocenters. The summed E-state index contributed by atoms with van der Waals surface area (Å²) in [4.78, 5) is 27.1. The molecule has 0 atom stereocenters. The summed E-state index contributed by atoms with van der Waals surface area (Å²) in [6.45, 7) is 0. The minimum absolute atomic E-state index is 0.116. The summed E-state index contributed by atoms with van der Waals surface area (Å²) in [5.74, 6) is -2.43. The predicted octanol–water partition coefficient (Wildman–Crippen LogP) is 4.12. The van der Waals surface area contributed by atoms with Gasteiger partial charge in [-0.05, 0) is 42.0 Å². The van der Waals surface area contributed by atoms with E-state index < -0.39 is 22.9 Å². The molecule has 0 aliphatic carbocycles. The molecule has 0 fully saturated rings. The molecule has 2 aromatic heterocycles. The van der Waals surface area contributed by atoms with Gasteiger partial charge in [0.2, 0.25) is 0 Å². The normalized spacial score (nSPS) is 11.5. The van der Waals surface area contributed by atoms with Crippen LogP contribution < -0.4 is 11.1 Å². The largest absolute Gasteiger partial charge is 0.507 e. The molecule has 0 bridgehead atoms. The average Bonchev–Trinajstić information content (AvgIpc) is 2.85. The standard InChI is InChI=1S/C27H21FN2O4/c1-29-19-12-5-3-10-17(19)24(31)22(26(29)33)21(15-8-7-9-16(28)14-15)23-25(32)18-11-4-6-13-20(18)30(2)27(23)34/h3-14,21,31-32H,1-2H3. The molecule has 0 aliphatic rings. The molecule has 0 saturated heterocycles. The van der Waals surface area contributed by atoms with Crippen LogP contribution in [0.1, 0.15) is 22.6 Å². The Kier molecular flexibility index (Phi) is 4.97. The fourth-order valence-corrected chi connectivity index (χ4v) is 4.69. The molecule has 0 saturated carbocycles. The number of pyridine rings is 2. The van der Waals surface area contributed by atoms with Crippen LogP contribution in [0.4, 0.5) is 4.39 Å². The van der Waals surface area contributed by atoms with E-state index in [1.807, 2.05) is 0 Å². The lowest BCUT2D eigenvalue weighted by atomic mass is 9.84. The first kappa shape index (κ1) is 21.5. The van der Waals surface area contributed by atoms with E-state index in [-0.39, 0.29) is 28.2 Å². The van der Waals surface area contributed by atoms with E-state index in [2.05, 4.69) is 0 Å². The quantitative estimate of drug-likeness (QED) is 0.428. The molecule has 5 rings (SSSR count). The SMILES string of the molecule is Cn1c(=O)c(C(c2cccc(F)c2)c2c(O)c3ccccc3n(C)c2=O)c(O)c2ccccc21. The average molecular weight is 456 g/mol. The van der Waals surface area contributed by atoms with Crippen LogP contribution in [0.5, 0.6) is 11.5 Å². The highest BCUT2D eigenvalue weighted by molar-refractivity contribution is 5.89. The summed E-state index contributed by atoms with van der Waals surface area (Å²) >= 11 is 0. The molecule has 0 aliphatic heterocycles. The molecular weight excluding hydrogens is 435 g/mol. The second kappa shape index (κ2) is 7.88. The Morgan fingerprint density at radius 1 is 0.706 bits per heavy atom. The minimum atomic E-state index is -1.22. The molecule has 7 heteroatoms. The molecule has 6 nitrogen and oxygen atoms in total. The third-order valence-electron chi connectivity index (χ3n) is 6.38. The number of aryl methyl sites for hydroxylation is 2. The van der Waals surface area contributed by atoms with Gasteiger partial charge in [-0.3, -0.25) is 9.59 Å². The first-order chi connectivity index (χ1) is 16.3. The van der Waals surface area contributed by atoms with E-state index in [0.717, 1.165) is 0 Å². The molecule has 2 heterocycles. The number of hydrogen-bond acceptors (Lipinski definition) is 4. The Morgan fingerprint density at radius 3 is 1.65 bits per heavy atom. The third kappa shape index (κ3) is 3.08. The fraction of sp³-hybridized carbons (Fsp3) is 0.111. The highest BCUT2D eigenvalue weighted by atomic mass is 19.1. The zero-order valence-corrected chi connectivity index (χ0v) is 18.5. The topological polar surface area (TPSA) is 84.5 Å². The van der Waals surface area contributed by atoms with E-state index in [4.69, 9.17) is 0 Å². The van der Waals surface area contributed by atoms with E-state index in [1.165, 1.54) is 27.3 Å². The number of aromatic nitrogens is 2. The van der Waals surface area contributed by atoms with Crippen LogP contribution in [0.2, 0.25) is 0 Å². The van der Waals surface area contributed by atoms with Gasteiger partial charge in [0.15, 0.2) is 0 Å². The van der Waals surface area contributed by atoms with Crippen molar-refractivity contribution < 1.29 is 14.6 Å². The number of halogens is 1. The monoisotopic (exact) mass is 456 g/mol. The lowest BCUT2D eigenvalue weighted by molar-refractivity contribution is 0.460. The predicted molar refractivity (Wildman–Crippen MR) is 129 cm³/mol. The van der Waals surface area contributed by atoms with Crippen molar-refractivity contribution in [1.29, 1.82) is 0 Å². The molecule has 0 spiro atoms. The first-order valence-corrected chi connectivity index (χ1v) is 10.7. The number of rotatable bonds is 3. The first-order valence-electron chi connectivity index (χ1n) is 10.7. The summed E-state index contributed by atoms with van der Waals surface area (Å²) < 4.78 is 17.1. The highest BCUT2D eigenvalue weighted by Gasteiger charge is 2.32. The summed E-state index contributed by atoms with van der Waals surface area (Å²) in [5.41, 5.74) is -0.0840. The van der Waals surface area contributed by atoms with Crippen LogP contribution in [0.25, 0.3) is 21.8 Å². The molecule has 2 N–H and O–H groups in total. The van der Waals surface area contributed by atoms with Gasteiger partial charge in [0, 0.05) is 24.9 Å². The maximum absolute atomic E-state index is 14.3. The summed E-state index contributed by atoms with van der Waals surface area (Å²) in [5, 5.41) is 23.4. The minimum Gasteiger partial charge on any atom is -0.507 e. The van der Waals surface area contributed by atoms with Crippen molar-refractivity contribution in [1.82, 2.24) is 9.13 Å². The van der Waals surface area contributed by atoms with Crippen molar-refractivity contribution >= 4 is 21.8 Å². The maximum atomic E-state index is 14.3. The molecule has 0 radical (unpaired) electrons. The zero-order valence-electron chi connectivity index (χ0n) is 18.5. The third-order valence-corrected chi connectivity index (χ3v) is 6.38. The Balaban J connectivity index is 1.98. The van der Waals surface area contributed by atoms with E-state index in [1.54, 1.807) is 68.7 Å². The maximum Gasteiger partial charge on any atom is 0.258 e. The van der Waals surface area contributed by atoms with Crippen molar-refractivity contribution in [2.45, 2.75) is 5.92 Å². The Labute approximate surface area is 193 Å². The Bertz CT molecular complexity index is 1610. The number of fused-ring (bicyclic) bond motifs is 2. The highest BCUT2D eigenvalue weighted by Crippen LogP contribution is 2.41. The Morgan fingerprint density at radius 2 is 1.18 bits per heavy atom. The van der Waals surface area contributed by atoms with Crippen molar-refractivity contribution in [3.63, 3.8) is 0 Å². The van der Waals surface area contributed by atoms with Gasteiger partial charge < -0.3 is 19.3 Å². The van der Waals surface area contributed by atoms with Gasteiger partial charge in [-0.1, -0.05) is 36.4 Å². The molecule has 170 valence electrons. The van der Waals surface area contributed by atoms with E-state index >= 15 is 0 Å². The lowest BCUT2D eigenvalue weighted by Crippen LogP contribution is -2.30. The summed E-state index contributed by atoms with van der Waals surface area (Å²) in [7, 11) is 3.13. The number of nitrogens with zero attached hydrogens (tertiary/aromatic N) is 2. The Hall–Kier alpha value is -4.39. The molecule has 5 aromatic rings. The van der Waals surface area contributed by atoms with Gasteiger partial charge in [0.1, 0.15) is 17.3 Å². The van der Waals surface area contributed by atoms with Crippen LogP contribution in [0, 0.1) is 5.82 Å². The van der Waals surface area contributed by atoms with Gasteiger partial charge in [-0.25, -0.2) is 4.39 Å². The second-order valence-corrected chi connectivity index (χ2v) is 8.28. The van der Waals surface area contributed by atoms with Crippen molar-refractivity contribution in [3.8, 4) is 11.5 Å². The molecular formula is C27H21FN2O4. The van der Waals surface area contributed by atoms with Crippen LogP contribution in [0.3, 0.4) is 0 Å². The van der Waals surface area contributed by atoms with Crippen molar-refractivity contribution in [3.05, 3.63) is 116 Å². The van der Waals surface area contributed by atoms with Crippen molar-refractivity contribution in [2.24, 2.45) is 14.1 Å². The van der Waals surface area contributed by atoms with Gasteiger partial charge in [0.05, 0.1) is 28.1 Å². The van der Waals surface area contributed by atoms with E-state index in [9.17, 15) is 24.2 Å². The fourth-order valence-electron chi connectivity index (χ4n) is 4.69. The zero-order chi connectivity index (χ0) is 24.1. The van der Waals surface area contributed by atoms with Gasteiger partial charge >= 0.3 is 0 Å². The van der Waals surface area contributed by atoms with E-state index in [0.29, 0.717) is 21.8 Å². The van der Waals surface area contributed by atoms with Gasteiger partial charge in [-0.15, -0.1) is 0 Å².